The van der Waals surface area contributed by atoms with E-state index in [1.165, 1.54) is 7.11 Å². The highest BCUT2D eigenvalue weighted by atomic mass is 16.6. The highest BCUT2D eigenvalue weighted by Crippen LogP contribution is 2.30. The number of amides is 4. The maximum absolute atomic E-state index is 14.3. The Morgan fingerprint density at radius 2 is 1.52 bits per heavy atom. The van der Waals surface area contributed by atoms with Gasteiger partial charge in [0, 0.05) is 41.3 Å². The van der Waals surface area contributed by atoms with Gasteiger partial charge in [0.05, 0.1) is 36.6 Å². The fourth-order valence-electron chi connectivity index (χ4n) is 8.06. The van der Waals surface area contributed by atoms with Crippen LogP contribution in [0.3, 0.4) is 0 Å². The molecule has 1 saturated heterocycles. The van der Waals surface area contributed by atoms with Gasteiger partial charge in [0.1, 0.15) is 23.7 Å². The number of hydrogen-bond acceptors (Lipinski definition) is 10. The Labute approximate surface area is 348 Å². The fourth-order valence-corrected chi connectivity index (χ4v) is 8.06. The number of carbonyl (C=O) groups is 5. The molecule has 14 heteroatoms. The van der Waals surface area contributed by atoms with Crippen molar-refractivity contribution in [3.63, 3.8) is 0 Å². The standard InChI is InChI=1S/C44H76N6O8/c1-16-29(6)38(48(12)42(54)36(27(2)3)47-41(53)37(28(4)5)49(13)45-11)34(56-14)26-35(51)50-24-20-23-33(50)39(57-15)30(7)40(52)46-32(43(55)58-44(8,9)10)25-31-21-18-17-19-22-31/h17-19,21-22,27-30,32-34,36-39,45H,16,20,23-26H2,1-15H3,(H,46,52)(H,47,53)/t29-,30+,32-,33-,34+,36-,37-,38-,39+/m0/s1. The van der Waals surface area contributed by atoms with E-state index in [0.29, 0.717) is 13.0 Å². The second-order valence-corrected chi connectivity index (χ2v) is 17.6. The first-order valence-corrected chi connectivity index (χ1v) is 21.0. The molecule has 1 aromatic carbocycles. The van der Waals surface area contributed by atoms with Crippen LogP contribution in [0.2, 0.25) is 0 Å². The molecule has 1 fully saturated rings. The molecule has 1 aromatic rings. The molecule has 0 saturated carbocycles. The van der Waals surface area contributed by atoms with Gasteiger partial charge in [-0.15, -0.1) is 0 Å². The van der Waals surface area contributed by atoms with E-state index in [9.17, 15) is 24.0 Å². The van der Waals surface area contributed by atoms with Crippen molar-refractivity contribution in [3.05, 3.63) is 35.9 Å². The minimum atomic E-state index is -0.926. The summed E-state index contributed by atoms with van der Waals surface area (Å²) < 4.78 is 17.7. The summed E-state index contributed by atoms with van der Waals surface area (Å²) in [7, 11) is 8.35. The summed E-state index contributed by atoms with van der Waals surface area (Å²) in [4.78, 5) is 72.9. The van der Waals surface area contributed by atoms with Gasteiger partial charge >= 0.3 is 5.97 Å². The Hall–Kier alpha value is -3.59. The molecule has 0 radical (unpaired) electrons. The number of methoxy groups -OCH3 is 2. The first kappa shape index (κ1) is 50.6. The Kier molecular flexibility index (Phi) is 20.3. The molecule has 14 nitrogen and oxygen atoms in total. The second-order valence-electron chi connectivity index (χ2n) is 17.6. The van der Waals surface area contributed by atoms with Crippen LogP contribution in [-0.4, -0.2) is 134 Å². The van der Waals surface area contributed by atoms with Crippen LogP contribution in [0.1, 0.15) is 100 Å². The molecule has 1 aliphatic heterocycles. The predicted molar refractivity (Wildman–Crippen MR) is 226 cm³/mol. The molecule has 1 aliphatic rings. The average molecular weight is 817 g/mol. The number of esters is 1. The summed E-state index contributed by atoms with van der Waals surface area (Å²) >= 11 is 0. The first-order chi connectivity index (χ1) is 27.1. The van der Waals surface area contributed by atoms with Crippen LogP contribution in [0.15, 0.2) is 30.3 Å². The minimum absolute atomic E-state index is 0.00444. The molecule has 0 unspecified atom stereocenters. The molecule has 2 rings (SSSR count). The molecular weight excluding hydrogens is 741 g/mol. The van der Waals surface area contributed by atoms with Gasteiger partial charge in [0.2, 0.25) is 23.6 Å². The molecule has 0 bridgehead atoms. The lowest BCUT2D eigenvalue weighted by Crippen LogP contribution is -2.60. The number of benzene rings is 1. The first-order valence-electron chi connectivity index (χ1n) is 21.0. The number of hydrogen-bond donors (Lipinski definition) is 3. The zero-order chi connectivity index (χ0) is 44.1. The van der Waals surface area contributed by atoms with Gasteiger partial charge in [0.25, 0.3) is 0 Å². The van der Waals surface area contributed by atoms with Gasteiger partial charge in [-0.05, 0) is 64.0 Å². The van der Waals surface area contributed by atoms with Crippen LogP contribution in [0, 0.1) is 23.7 Å². The summed E-state index contributed by atoms with van der Waals surface area (Å²) in [5.41, 5.74) is 3.15. The zero-order valence-corrected chi connectivity index (χ0v) is 38.1. The van der Waals surface area contributed by atoms with Gasteiger partial charge in [-0.1, -0.05) is 85.2 Å². The highest BCUT2D eigenvalue weighted by molar-refractivity contribution is 5.90. The largest absolute Gasteiger partial charge is 0.458 e. The molecule has 4 amide bonds. The van der Waals surface area contributed by atoms with Crippen LogP contribution >= 0.6 is 0 Å². The summed E-state index contributed by atoms with van der Waals surface area (Å²) in [5, 5.41) is 7.70. The Morgan fingerprint density at radius 1 is 0.897 bits per heavy atom. The van der Waals surface area contributed by atoms with Crippen molar-refractivity contribution < 1.29 is 38.2 Å². The van der Waals surface area contributed by atoms with Crippen molar-refractivity contribution in [2.45, 2.75) is 149 Å². The van der Waals surface area contributed by atoms with Crippen LogP contribution in [-0.2, 0) is 44.6 Å². The molecule has 1 heterocycles. The normalized spacial score (nSPS) is 18.9. The third kappa shape index (κ3) is 14.0. The second kappa shape index (κ2) is 23.3. The maximum Gasteiger partial charge on any atom is 0.329 e. The van der Waals surface area contributed by atoms with E-state index in [0.717, 1.165) is 18.4 Å². The summed E-state index contributed by atoms with van der Waals surface area (Å²) in [5.74, 6) is -2.58. The third-order valence-electron chi connectivity index (χ3n) is 11.4. The van der Waals surface area contributed by atoms with Crippen molar-refractivity contribution >= 4 is 29.6 Å². The van der Waals surface area contributed by atoms with E-state index in [-0.39, 0.29) is 54.2 Å². The van der Waals surface area contributed by atoms with Crippen LogP contribution < -0.4 is 16.1 Å². The van der Waals surface area contributed by atoms with Gasteiger partial charge in [-0.25, -0.2) is 9.80 Å². The minimum Gasteiger partial charge on any atom is -0.458 e. The van der Waals surface area contributed by atoms with Gasteiger partial charge in [-0.3, -0.25) is 24.6 Å². The summed E-state index contributed by atoms with van der Waals surface area (Å²) in [6.45, 7) is 19.4. The van der Waals surface area contributed by atoms with Crippen molar-refractivity contribution in [3.8, 4) is 0 Å². The number of ether oxygens (including phenoxy) is 3. The average Bonchev–Trinajstić information content (AvgIpc) is 3.65. The Balaban J connectivity index is 2.32. The topological polar surface area (TPSA) is 159 Å². The lowest BCUT2D eigenvalue weighted by atomic mass is 9.89. The van der Waals surface area contributed by atoms with Crippen molar-refractivity contribution in [1.82, 2.24) is 30.9 Å². The van der Waals surface area contributed by atoms with Crippen molar-refractivity contribution in [2.24, 2.45) is 23.7 Å². The zero-order valence-electron chi connectivity index (χ0n) is 38.1. The molecule has 58 heavy (non-hydrogen) atoms. The molecule has 0 aromatic heterocycles. The van der Waals surface area contributed by atoms with Crippen molar-refractivity contribution in [2.75, 3.05) is 41.9 Å². The quantitative estimate of drug-likeness (QED) is 0.114. The van der Waals surface area contributed by atoms with Crippen LogP contribution in [0.5, 0.6) is 0 Å². The number of nitrogens with zero attached hydrogens (tertiary/aromatic N) is 3. The maximum atomic E-state index is 14.3. The van der Waals surface area contributed by atoms with Crippen LogP contribution in [0.25, 0.3) is 0 Å². The molecular formula is C44H76N6O8. The molecule has 0 spiro atoms. The number of carbonyl (C=O) groups excluding carboxylic acids is 5. The van der Waals surface area contributed by atoms with E-state index in [4.69, 9.17) is 14.2 Å². The molecule has 3 N–H and O–H groups in total. The number of hydrazine groups is 1. The van der Waals surface area contributed by atoms with E-state index < -0.39 is 59.9 Å². The lowest BCUT2D eigenvalue weighted by Gasteiger charge is -2.41. The number of nitrogens with one attached hydrogen (secondary N) is 3. The fraction of sp³-hybridized carbons (Fsp3) is 0.750. The van der Waals surface area contributed by atoms with Crippen molar-refractivity contribution in [1.29, 1.82) is 0 Å². The van der Waals surface area contributed by atoms with E-state index >= 15 is 0 Å². The monoisotopic (exact) mass is 817 g/mol. The summed E-state index contributed by atoms with van der Waals surface area (Å²) in [6.07, 6.45) is 0.997. The van der Waals surface area contributed by atoms with E-state index in [1.807, 2.05) is 71.9 Å². The molecule has 330 valence electrons. The van der Waals surface area contributed by atoms with E-state index in [2.05, 4.69) is 16.1 Å². The Morgan fingerprint density at radius 3 is 2.02 bits per heavy atom. The summed E-state index contributed by atoms with van der Waals surface area (Å²) in [6, 6.07) is 6.32. The van der Waals surface area contributed by atoms with Gasteiger partial charge < -0.3 is 34.6 Å². The Bertz CT molecular complexity index is 1470. The smallest absolute Gasteiger partial charge is 0.329 e. The third-order valence-corrected chi connectivity index (χ3v) is 11.4. The number of likely N-dealkylation sites (N-methyl/N-ethyl adjacent to an activating group) is 2. The van der Waals surface area contributed by atoms with E-state index in [1.54, 1.807) is 70.8 Å². The molecule has 0 aliphatic carbocycles. The number of likely N-dealkylation sites (tertiary alicyclic amines) is 1. The lowest BCUT2D eigenvalue weighted by molar-refractivity contribution is -0.159. The highest BCUT2D eigenvalue weighted by Gasteiger charge is 2.44. The molecule has 9 atom stereocenters. The predicted octanol–water partition coefficient (Wildman–Crippen LogP) is 4.21. The van der Waals surface area contributed by atoms with Crippen LogP contribution in [0.4, 0.5) is 0 Å². The van der Waals surface area contributed by atoms with Gasteiger partial charge in [0.15, 0.2) is 0 Å². The SMILES string of the molecule is CC[C@H](C)[C@@H]([C@@H](CC(=O)N1CCC[C@H]1[C@H](OC)[C@@H](C)C(=O)N[C@@H](Cc1ccccc1)C(=O)OC(C)(C)C)OC)N(C)C(=O)[C@@H](NC(=O)[C@H](C(C)C)N(C)NC)C(C)C. The number of rotatable bonds is 22. The van der Waals surface area contributed by atoms with Gasteiger partial charge in [-0.2, -0.15) is 0 Å².